The van der Waals surface area contributed by atoms with E-state index in [9.17, 15) is 4.79 Å². The molecule has 18 heavy (non-hydrogen) atoms. The number of carbonyl (C=O) groups is 1. The number of benzene rings is 2. The van der Waals surface area contributed by atoms with Crippen LogP contribution in [0.1, 0.15) is 12.0 Å². The number of hydrogen-bond acceptors (Lipinski definition) is 1. The molecule has 0 fully saturated rings. The number of alkyl halides is 1. The van der Waals surface area contributed by atoms with Crippen LogP contribution < -0.4 is 5.32 Å². The number of halogens is 1. The van der Waals surface area contributed by atoms with Gasteiger partial charge in [0.2, 0.25) is 5.91 Å². The van der Waals surface area contributed by atoms with E-state index in [-0.39, 0.29) is 5.91 Å². The molecule has 0 unspecified atom stereocenters. The molecule has 2 aromatic carbocycles. The SMILES string of the molecule is O=C(Cc1cccc2ccccc12)NCCCBr. The molecule has 1 amide bonds. The Balaban J connectivity index is 2.09. The molecule has 2 aromatic rings. The number of carbonyl (C=O) groups excluding carboxylic acids is 1. The zero-order valence-electron chi connectivity index (χ0n) is 10.2. The fourth-order valence-corrected chi connectivity index (χ4v) is 2.26. The van der Waals surface area contributed by atoms with Crippen LogP contribution in [0.4, 0.5) is 0 Å². The minimum Gasteiger partial charge on any atom is -0.356 e. The molecular formula is C15H16BrNO. The number of hydrogen-bond donors (Lipinski definition) is 1. The molecule has 0 bridgehead atoms. The normalized spacial score (nSPS) is 10.5. The zero-order chi connectivity index (χ0) is 12.8. The molecule has 94 valence electrons. The summed E-state index contributed by atoms with van der Waals surface area (Å²) in [6.07, 6.45) is 1.41. The van der Waals surface area contributed by atoms with E-state index in [2.05, 4.69) is 39.4 Å². The van der Waals surface area contributed by atoms with Gasteiger partial charge >= 0.3 is 0 Å². The third kappa shape index (κ3) is 3.33. The topological polar surface area (TPSA) is 29.1 Å². The standard InChI is InChI=1S/C15H16BrNO/c16-9-4-10-17-15(18)11-13-7-3-6-12-5-1-2-8-14(12)13/h1-3,5-8H,4,9-11H2,(H,17,18). The van der Waals surface area contributed by atoms with E-state index in [1.165, 1.54) is 5.39 Å². The lowest BCUT2D eigenvalue weighted by Gasteiger charge is -2.07. The van der Waals surface area contributed by atoms with Gasteiger partial charge in [0.15, 0.2) is 0 Å². The van der Waals surface area contributed by atoms with Gasteiger partial charge in [-0.15, -0.1) is 0 Å². The van der Waals surface area contributed by atoms with E-state index >= 15 is 0 Å². The van der Waals surface area contributed by atoms with Gasteiger partial charge in [-0.05, 0) is 22.8 Å². The summed E-state index contributed by atoms with van der Waals surface area (Å²) in [7, 11) is 0. The Hall–Kier alpha value is -1.35. The minimum atomic E-state index is 0.0901. The Morgan fingerprint density at radius 2 is 1.89 bits per heavy atom. The van der Waals surface area contributed by atoms with E-state index in [0.717, 1.165) is 29.2 Å². The van der Waals surface area contributed by atoms with E-state index in [1.807, 2.05) is 24.3 Å². The van der Waals surface area contributed by atoms with Crippen LogP contribution in [-0.4, -0.2) is 17.8 Å². The molecule has 3 heteroatoms. The van der Waals surface area contributed by atoms with E-state index in [1.54, 1.807) is 0 Å². The summed E-state index contributed by atoms with van der Waals surface area (Å²) >= 11 is 3.35. The van der Waals surface area contributed by atoms with Crippen LogP contribution >= 0.6 is 15.9 Å². The number of rotatable bonds is 5. The third-order valence-corrected chi connectivity index (χ3v) is 3.42. The Kier molecular flexibility index (Phi) is 4.76. The third-order valence-electron chi connectivity index (χ3n) is 2.86. The fourth-order valence-electron chi connectivity index (χ4n) is 1.98. The largest absolute Gasteiger partial charge is 0.356 e. The summed E-state index contributed by atoms with van der Waals surface area (Å²) in [6.45, 7) is 0.731. The quantitative estimate of drug-likeness (QED) is 0.666. The molecule has 0 aliphatic carbocycles. The molecule has 0 saturated carbocycles. The van der Waals surface area contributed by atoms with Crippen molar-refractivity contribution < 1.29 is 4.79 Å². The van der Waals surface area contributed by atoms with Gasteiger partial charge in [-0.2, -0.15) is 0 Å². The fraction of sp³-hybridized carbons (Fsp3) is 0.267. The molecule has 1 N–H and O–H groups in total. The highest BCUT2D eigenvalue weighted by atomic mass is 79.9. The monoisotopic (exact) mass is 305 g/mol. The van der Waals surface area contributed by atoms with Crippen molar-refractivity contribution in [2.75, 3.05) is 11.9 Å². The zero-order valence-corrected chi connectivity index (χ0v) is 11.7. The second-order valence-electron chi connectivity index (χ2n) is 4.21. The van der Waals surface area contributed by atoms with E-state index in [4.69, 9.17) is 0 Å². The van der Waals surface area contributed by atoms with Crippen molar-refractivity contribution >= 4 is 32.6 Å². The summed E-state index contributed by atoms with van der Waals surface area (Å²) in [5.74, 6) is 0.0901. The van der Waals surface area contributed by atoms with Crippen LogP contribution in [0.5, 0.6) is 0 Å². The summed E-state index contributed by atoms with van der Waals surface area (Å²) in [5.41, 5.74) is 1.09. The van der Waals surface area contributed by atoms with Crippen LogP contribution in [0.2, 0.25) is 0 Å². The lowest BCUT2D eigenvalue weighted by Crippen LogP contribution is -2.26. The van der Waals surface area contributed by atoms with Gasteiger partial charge < -0.3 is 5.32 Å². The predicted molar refractivity (Wildman–Crippen MR) is 79.1 cm³/mol. The van der Waals surface area contributed by atoms with Gasteiger partial charge in [0.25, 0.3) is 0 Å². The van der Waals surface area contributed by atoms with Crippen LogP contribution in [0, 0.1) is 0 Å². The minimum absolute atomic E-state index is 0.0901. The molecule has 0 aliphatic rings. The van der Waals surface area contributed by atoms with Crippen LogP contribution in [-0.2, 0) is 11.2 Å². The molecule has 0 spiro atoms. The van der Waals surface area contributed by atoms with E-state index in [0.29, 0.717) is 6.42 Å². The number of amides is 1. The molecule has 0 aliphatic heterocycles. The maximum atomic E-state index is 11.8. The number of fused-ring (bicyclic) bond motifs is 1. The van der Waals surface area contributed by atoms with Crippen molar-refractivity contribution in [2.45, 2.75) is 12.8 Å². The first-order chi connectivity index (χ1) is 8.81. The van der Waals surface area contributed by atoms with Gasteiger partial charge in [-0.25, -0.2) is 0 Å². The predicted octanol–water partition coefficient (Wildman–Crippen LogP) is 3.28. The molecule has 0 radical (unpaired) electrons. The maximum Gasteiger partial charge on any atom is 0.224 e. The van der Waals surface area contributed by atoms with Gasteiger partial charge in [-0.1, -0.05) is 58.4 Å². The second kappa shape index (κ2) is 6.55. The molecule has 2 nitrogen and oxygen atoms in total. The van der Waals surface area contributed by atoms with Crippen LogP contribution in [0.15, 0.2) is 42.5 Å². The van der Waals surface area contributed by atoms with Crippen LogP contribution in [0.25, 0.3) is 10.8 Å². The van der Waals surface area contributed by atoms with Gasteiger partial charge in [-0.3, -0.25) is 4.79 Å². The summed E-state index contributed by atoms with van der Waals surface area (Å²) in [4.78, 5) is 11.8. The summed E-state index contributed by atoms with van der Waals surface area (Å²) < 4.78 is 0. The Morgan fingerprint density at radius 3 is 2.72 bits per heavy atom. The molecule has 0 saturated heterocycles. The molecular weight excluding hydrogens is 290 g/mol. The lowest BCUT2D eigenvalue weighted by molar-refractivity contribution is -0.120. The lowest BCUT2D eigenvalue weighted by atomic mass is 10.0. The Morgan fingerprint density at radius 1 is 1.11 bits per heavy atom. The average molecular weight is 306 g/mol. The Labute approximate surface area is 116 Å². The molecule has 0 heterocycles. The first-order valence-electron chi connectivity index (χ1n) is 6.10. The summed E-state index contributed by atoms with van der Waals surface area (Å²) in [5, 5.41) is 6.19. The highest BCUT2D eigenvalue weighted by molar-refractivity contribution is 9.09. The summed E-state index contributed by atoms with van der Waals surface area (Å²) in [6, 6.07) is 14.3. The van der Waals surface area contributed by atoms with Crippen molar-refractivity contribution in [1.29, 1.82) is 0 Å². The van der Waals surface area contributed by atoms with E-state index < -0.39 is 0 Å². The molecule has 2 rings (SSSR count). The van der Waals surface area contributed by atoms with Crippen molar-refractivity contribution in [1.82, 2.24) is 5.32 Å². The van der Waals surface area contributed by atoms with Gasteiger partial charge in [0.1, 0.15) is 0 Å². The van der Waals surface area contributed by atoms with Crippen LogP contribution in [0.3, 0.4) is 0 Å². The highest BCUT2D eigenvalue weighted by Gasteiger charge is 2.05. The second-order valence-corrected chi connectivity index (χ2v) is 5.00. The van der Waals surface area contributed by atoms with Crippen molar-refractivity contribution in [2.24, 2.45) is 0 Å². The highest BCUT2D eigenvalue weighted by Crippen LogP contribution is 2.18. The van der Waals surface area contributed by atoms with Gasteiger partial charge in [0.05, 0.1) is 6.42 Å². The first kappa shape index (κ1) is 13.1. The van der Waals surface area contributed by atoms with Crippen molar-refractivity contribution in [3.05, 3.63) is 48.0 Å². The molecule has 0 aromatic heterocycles. The van der Waals surface area contributed by atoms with Gasteiger partial charge in [0, 0.05) is 11.9 Å². The smallest absolute Gasteiger partial charge is 0.224 e. The van der Waals surface area contributed by atoms with Crippen molar-refractivity contribution in [3.8, 4) is 0 Å². The number of nitrogens with one attached hydrogen (secondary N) is 1. The Bertz CT molecular complexity index is 534. The maximum absolute atomic E-state index is 11.8. The van der Waals surface area contributed by atoms with Crippen molar-refractivity contribution in [3.63, 3.8) is 0 Å². The average Bonchev–Trinajstić information content (AvgIpc) is 2.39. The first-order valence-corrected chi connectivity index (χ1v) is 7.22. The molecule has 0 atom stereocenters.